The number of amides is 2. The van der Waals surface area contributed by atoms with Crippen LogP contribution < -0.4 is 15.4 Å². The van der Waals surface area contributed by atoms with Crippen LogP contribution in [0.3, 0.4) is 0 Å². The minimum atomic E-state index is -3.73. The van der Waals surface area contributed by atoms with Crippen LogP contribution in [0.15, 0.2) is 17.0 Å². The molecule has 0 bridgehead atoms. The van der Waals surface area contributed by atoms with Gasteiger partial charge in [0.1, 0.15) is 11.9 Å². The Balaban J connectivity index is 1.48. The van der Waals surface area contributed by atoms with Gasteiger partial charge in [0.2, 0.25) is 21.8 Å². The van der Waals surface area contributed by atoms with Gasteiger partial charge in [0.05, 0.1) is 24.5 Å². The van der Waals surface area contributed by atoms with Crippen molar-refractivity contribution in [2.75, 3.05) is 53.5 Å². The monoisotopic (exact) mass is 510 g/mol. The Morgan fingerprint density at radius 1 is 1.26 bits per heavy atom. The van der Waals surface area contributed by atoms with Crippen molar-refractivity contribution in [3.63, 3.8) is 0 Å². The minimum absolute atomic E-state index is 0.0467. The molecule has 2 N–H and O–H groups in total. The predicted octanol–water partition coefficient (Wildman–Crippen LogP) is 0.664. The second-order valence-corrected chi connectivity index (χ2v) is 11.4. The Morgan fingerprint density at radius 3 is 2.49 bits per heavy atom. The van der Waals surface area contributed by atoms with Gasteiger partial charge in [-0.05, 0) is 56.9 Å². The molecular formula is C24H38N4O6S. The number of ether oxygens (including phenoxy) is 2. The summed E-state index contributed by atoms with van der Waals surface area (Å²) in [5.41, 5.74) is 1.21. The SMILES string of the molecule is COc1cc(C)c(S(=O)(=O)N(C)CCOC(C)C(=O)NC2CCCN(C(=O)C3CNC3)C2)c(C)c1. The number of carbonyl (C=O) groups is 2. The molecule has 2 unspecified atom stereocenters. The van der Waals surface area contributed by atoms with Gasteiger partial charge < -0.3 is 25.0 Å². The second kappa shape index (κ2) is 11.7. The summed E-state index contributed by atoms with van der Waals surface area (Å²) in [7, 11) is -0.690. The maximum absolute atomic E-state index is 13.1. The molecule has 2 amide bonds. The van der Waals surface area contributed by atoms with E-state index in [4.69, 9.17) is 9.47 Å². The third-order valence-electron chi connectivity index (χ3n) is 6.69. The molecule has 35 heavy (non-hydrogen) atoms. The Hall–Kier alpha value is -2.21. The highest BCUT2D eigenvalue weighted by molar-refractivity contribution is 7.89. The van der Waals surface area contributed by atoms with Crippen molar-refractivity contribution < 1.29 is 27.5 Å². The molecule has 2 aliphatic heterocycles. The molecule has 3 rings (SSSR count). The fraction of sp³-hybridized carbons (Fsp3) is 0.667. The van der Waals surface area contributed by atoms with E-state index in [1.807, 2.05) is 4.90 Å². The number of nitrogens with zero attached hydrogens (tertiary/aromatic N) is 2. The zero-order valence-electron chi connectivity index (χ0n) is 21.3. The predicted molar refractivity (Wildman–Crippen MR) is 132 cm³/mol. The van der Waals surface area contributed by atoms with E-state index in [0.29, 0.717) is 23.4 Å². The van der Waals surface area contributed by atoms with Gasteiger partial charge >= 0.3 is 0 Å². The maximum Gasteiger partial charge on any atom is 0.249 e. The lowest BCUT2D eigenvalue weighted by Crippen LogP contribution is -2.57. The Labute approximate surface area is 208 Å². The summed E-state index contributed by atoms with van der Waals surface area (Å²) in [5, 5.41) is 6.10. The van der Waals surface area contributed by atoms with Gasteiger partial charge in [-0.15, -0.1) is 0 Å². The normalized spacial score (nSPS) is 19.8. The van der Waals surface area contributed by atoms with Crippen molar-refractivity contribution in [3.8, 4) is 5.75 Å². The summed E-state index contributed by atoms with van der Waals surface area (Å²) in [6.07, 6.45) is 0.920. The molecule has 0 spiro atoms. The van der Waals surface area contributed by atoms with Gasteiger partial charge in [0.15, 0.2) is 0 Å². The highest BCUT2D eigenvalue weighted by atomic mass is 32.2. The highest BCUT2D eigenvalue weighted by Crippen LogP contribution is 2.27. The number of rotatable bonds is 10. The third kappa shape index (κ3) is 6.52. The first-order chi connectivity index (χ1) is 16.5. The molecule has 0 radical (unpaired) electrons. The number of hydrogen-bond donors (Lipinski definition) is 2. The molecular weight excluding hydrogens is 472 g/mol. The van der Waals surface area contributed by atoms with Crippen molar-refractivity contribution in [1.82, 2.24) is 19.8 Å². The van der Waals surface area contributed by atoms with Gasteiger partial charge in [-0.25, -0.2) is 8.42 Å². The fourth-order valence-corrected chi connectivity index (χ4v) is 6.04. The minimum Gasteiger partial charge on any atom is -0.497 e. The molecule has 2 fully saturated rings. The number of aryl methyl sites for hydroxylation is 2. The first kappa shape index (κ1) is 27.4. The van der Waals surface area contributed by atoms with Gasteiger partial charge in [-0.3, -0.25) is 9.59 Å². The smallest absolute Gasteiger partial charge is 0.249 e. The molecule has 1 aromatic rings. The van der Waals surface area contributed by atoms with E-state index in [9.17, 15) is 18.0 Å². The topological polar surface area (TPSA) is 117 Å². The van der Waals surface area contributed by atoms with E-state index < -0.39 is 16.1 Å². The largest absolute Gasteiger partial charge is 0.497 e. The Morgan fingerprint density at radius 2 is 1.91 bits per heavy atom. The summed E-state index contributed by atoms with van der Waals surface area (Å²) < 4.78 is 38.4. The van der Waals surface area contributed by atoms with Crippen LogP contribution in [0.1, 0.15) is 30.9 Å². The van der Waals surface area contributed by atoms with Crippen molar-refractivity contribution in [2.24, 2.45) is 5.92 Å². The van der Waals surface area contributed by atoms with Crippen molar-refractivity contribution in [3.05, 3.63) is 23.3 Å². The molecule has 0 aromatic heterocycles. The summed E-state index contributed by atoms with van der Waals surface area (Å²) >= 11 is 0. The van der Waals surface area contributed by atoms with Crippen LogP contribution in [-0.4, -0.2) is 95.1 Å². The number of methoxy groups -OCH3 is 1. The maximum atomic E-state index is 13.1. The molecule has 196 valence electrons. The zero-order chi connectivity index (χ0) is 25.8. The van der Waals surface area contributed by atoms with Crippen LogP contribution >= 0.6 is 0 Å². The first-order valence-electron chi connectivity index (χ1n) is 12.1. The van der Waals surface area contributed by atoms with Gasteiger partial charge in [0.25, 0.3) is 0 Å². The van der Waals surface area contributed by atoms with E-state index in [2.05, 4.69) is 10.6 Å². The quantitative estimate of drug-likeness (QED) is 0.475. The summed E-state index contributed by atoms with van der Waals surface area (Å²) in [4.78, 5) is 27.2. The van der Waals surface area contributed by atoms with Gasteiger partial charge in [-0.2, -0.15) is 4.31 Å². The van der Waals surface area contributed by atoms with Crippen LogP contribution in [0.5, 0.6) is 5.75 Å². The lowest BCUT2D eigenvalue weighted by molar-refractivity contribution is -0.140. The van der Waals surface area contributed by atoms with E-state index in [-0.39, 0.29) is 41.8 Å². The zero-order valence-corrected chi connectivity index (χ0v) is 22.1. The van der Waals surface area contributed by atoms with E-state index in [0.717, 1.165) is 32.5 Å². The van der Waals surface area contributed by atoms with E-state index in [1.165, 1.54) is 11.4 Å². The summed E-state index contributed by atoms with van der Waals surface area (Å²) in [6, 6.07) is 3.28. The lowest BCUT2D eigenvalue weighted by atomic mass is 9.98. The van der Waals surface area contributed by atoms with E-state index >= 15 is 0 Å². The van der Waals surface area contributed by atoms with Crippen LogP contribution in [0.25, 0.3) is 0 Å². The number of nitrogens with one attached hydrogen (secondary N) is 2. The lowest BCUT2D eigenvalue weighted by Gasteiger charge is -2.38. The molecule has 11 heteroatoms. The number of likely N-dealkylation sites (N-methyl/N-ethyl adjacent to an activating group) is 1. The number of likely N-dealkylation sites (tertiary alicyclic amines) is 1. The average Bonchev–Trinajstić information content (AvgIpc) is 2.77. The van der Waals surface area contributed by atoms with Gasteiger partial charge in [0, 0.05) is 45.8 Å². The summed E-state index contributed by atoms with van der Waals surface area (Å²) in [6.45, 7) is 7.97. The average molecular weight is 511 g/mol. The Bertz CT molecular complexity index is 1000. The number of benzene rings is 1. The number of piperidine rings is 1. The third-order valence-corrected chi connectivity index (χ3v) is 8.85. The highest BCUT2D eigenvalue weighted by Gasteiger charge is 2.33. The first-order valence-corrected chi connectivity index (χ1v) is 13.5. The standard InChI is InChI=1S/C24H38N4O6S/c1-16-11-21(33-5)12-17(2)22(16)35(31,32)27(4)9-10-34-18(3)23(29)26-20-7-6-8-28(15-20)24(30)19-13-25-14-19/h11-12,18-20,25H,6-10,13-15H2,1-5H3,(H,26,29). The summed E-state index contributed by atoms with van der Waals surface area (Å²) in [5.74, 6) is 0.543. The number of carbonyl (C=O) groups excluding carboxylic acids is 2. The molecule has 0 aliphatic carbocycles. The number of hydrogen-bond acceptors (Lipinski definition) is 7. The van der Waals surface area contributed by atoms with Gasteiger partial charge in [-0.1, -0.05) is 0 Å². The van der Waals surface area contributed by atoms with Crippen LogP contribution in [0, 0.1) is 19.8 Å². The fourth-order valence-electron chi connectivity index (χ4n) is 4.48. The molecule has 2 aliphatic rings. The van der Waals surface area contributed by atoms with Crippen molar-refractivity contribution >= 4 is 21.8 Å². The van der Waals surface area contributed by atoms with Crippen LogP contribution in [0.2, 0.25) is 0 Å². The molecule has 10 nitrogen and oxygen atoms in total. The Kier molecular flexibility index (Phi) is 9.14. The van der Waals surface area contributed by atoms with Crippen molar-refractivity contribution in [2.45, 2.75) is 50.7 Å². The van der Waals surface area contributed by atoms with E-state index in [1.54, 1.807) is 40.0 Å². The molecule has 0 saturated carbocycles. The number of sulfonamides is 1. The molecule has 2 atom stereocenters. The second-order valence-electron chi connectivity index (χ2n) is 9.42. The molecule has 2 heterocycles. The molecule has 2 saturated heterocycles. The molecule has 1 aromatic carbocycles. The van der Waals surface area contributed by atoms with Crippen molar-refractivity contribution in [1.29, 1.82) is 0 Å². The van der Waals surface area contributed by atoms with Crippen LogP contribution in [-0.2, 0) is 24.3 Å². The van der Waals surface area contributed by atoms with Crippen LogP contribution in [0.4, 0.5) is 0 Å².